The second-order valence-electron chi connectivity index (χ2n) is 6.61. The average Bonchev–Trinajstić information content (AvgIpc) is 3.08. The van der Waals surface area contributed by atoms with Gasteiger partial charge in [-0.25, -0.2) is 0 Å². The topological polar surface area (TPSA) is 72.9 Å². The number of benzene rings is 3. The number of thiocarbonyl (C=S) groups is 1. The van der Waals surface area contributed by atoms with E-state index in [9.17, 15) is 13.2 Å². The molecule has 0 bridgehead atoms. The zero-order chi connectivity index (χ0) is 22.7. The summed E-state index contributed by atoms with van der Waals surface area (Å²) in [5.74, 6) is 0.0410. The van der Waals surface area contributed by atoms with Crippen molar-refractivity contribution in [3.8, 4) is 11.5 Å². The second kappa shape index (κ2) is 9.15. The van der Waals surface area contributed by atoms with Crippen LogP contribution >= 0.6 is 24.0 Å². The van der Waals surface area contributed by atoms with E-state index in [1.807, 2.05) is 30.3 Å². The lowest BCUT2D eigenvalue weighted by Gasteiger charge is -2.13. The van der Waals surface area contributed by atoms with Crippen LogP contribution in [0.1, 0.15) is 5.56 Å². The van der Waals surface area contributed by atoms with Crippen LogP contribution in [0.5, 0.6) is 11.5 Å². The molecule has 0 N–H and O–H groups in total. The molecule has 162 valence electrons. The summed E-state index contributed by atoms with van der Waals surface area (Å²) in [5, 5.41) is 0. The molecule has 1 amide bonds. The van der Waals surface area contributed by atoms with Gasteiger partial charge in [0.15, 0.2) is 15.8 Å². The largest absolute Gasteiger partial charge is 0.493 e. The van der Waals surface area contributed by atoms with Gasteiger partial charge in [-0.15, -0.1) is 0 Å². The number of ether oxygens (including phenoxy) is 1. The number of methoxy groups -OCH3 is 1. The monoisotopic (exact) mass is 483 g/mol. The van der Waals surface area contributed by atoms with E-state index in [0.717, 1.165) is 0 Å². The standard InChI is InChI=1S/C23H17NO5S3/c1-28-20-14-16(12-13-19(20)29-32(26,27)18-10-6-3-7-11-18)15-21-22(25)24(23(30)31-21)17-8-4-2-5-9-17/h2-15H,1H3/b21-15-. The van der Waals surface area contributed by atoms with Crippen molar-refractivity contribution in [1.29, 1.82) is 0 Å². The number of thioether (sulfide) groups is 1. The number of nitrogens with zero attached hydrogens (tertiary/aromatic N) is 1. The molecule has 0 radical (unpaired) electrons. The minimum Gasteiger partial charge on any atom is -0.493 e. The van der Waals surface area contributed by atoms with Gasteiger partial charge in [0.25, 0.3) is 5.91 Å². The first-order valence-corrected chi connectivity index (χ1v) is 12.0. The fourth-order valence-electron chi connectivity index (χ4n) is 3.02. The molecule has 0 atom stereocenters. The van der Waals surface area contributed by atoms with Crippen molar-refractivity contribution < 1.29 is 22.1 Å². The van der Waals surface area contributed by atoms with Crippen LogP contribution in [0.2, 0.25) is 0 Å². The quantitative estimate of drug-likeness (QED) is 0.281. The molecule has 1 fully saturated rings. The molecule has 1 saturated heterocycles. The van der Waals surface area contributed by atoms with Crippen LogP contribution < -0.4 is 13.8 Å². The number of carbonyl (C=O) groups excluding carboxylic acids is 1. The first-order valence-electron chi connectivity index (χ1n) is 9.39. The molecule has 0 aliphatic carbocycles. The van der Waals surface area contributed by atoms with Crippen molar-refractivity contribution in [2.45, 2.75) is 4.90 Å². The highest BCUT2D eigenvalue weighted by Gasteiger charge is 2.33. The predicted octanol–water partition coefficient (Wildman–Crippen LogP) is 4.87. The van der Waals surface area contributed by atoms with Crippen LogP contribution in [0.15, 0.2) is 88.7 Å². The third-order valence-corrected chi connectivity index (χ3v) is 7.08. The smallest absolute Gasteiger partial charge is 0.339 e. The highest BCUT2D eigenvalue weighted by atomic mass is 32.2. The molecule has 0 unspecified atom stereocenters. The number of carbonyl (C=O) groups is 1. The molecule has 1 aliphatic heterocycles. The number of anilines is 1. The fraction of sp³-hybridized carbons (Fsp3) is 0.0435. The van der Waals surface area contributed by atoms with Crippen molar-refractivity contribution in [3.05, 3.63) is 89.3 Å². The Hall–Kier alpha value is -3.14. The maximum absolute atomic E-state index is 12.9. The minimum atomic E-state index is -4.01. The SMILES string of the molecule is COc1cc(/C=C2\SC(=S)N(c3ccccc3)C2=O)ccc1OS(=O)(=O)c1ccccc1. The van der Waals surface area contributed by atoms with Gasteiger partial charge in [0.05, 0.1) is 17.7 Å². The normalized spacial score (nSPS) is 15.3. The molecule has 3 aromatic rings. The Morgan fingerprint density at radius 1 is 0.938 bits per heavy atom. The van der Waals surface area contributed by atoms with Gasteiger partial charge in [-0.05, 0) is 48.0 Å². The lowest BCUT2D eigenvalue weighted by molar-refractivity contribution is -0.113. The van der Waals surface area contributed by atoms with Crippen LogP contribution in [-0.2, 0) is 14.9 Å². The summed E-state index contributed by atoms with van der Waals surface area (Å²) in [6, 6.07) is 21.8. The zero-order valence-corrected chi connectivity index (χ0v) is 19.2. The summed E-state index contributed by atoms with van der Waals surface area (Å²) in [5.41, 5.74) is 1.34. The van der Waals surface area contributed by atoms with Crippen molar-refractivity contribution in [2.24, 2.45) is 0 Å². The first-order chi connectivity index (χ1) is 15.4. The van der Waals surface area contributed by atoms with Gasteiger partial charge in [0.2, 0.25) is 0 Å². The van der Waals surface area contributed by atoms with Crippen LogP contribution in [0.25, 0.3) is 6.08 Å². The summed E-state index contributed by atoms with van der Waals surface area (Å²) in [6.45, 7) is 0. The Morgan fingerprint density at radius 3 is 2.25 bits per heavy atom. The van der Waals surface area contributed by atoms with Gasteiger partial charge in [0.1, 0.15) is 4.90 Å². The molecule has 32 heavy (non-hydrogen) atoms. The molecule has 9 heteroatoms. The molecule has 0 spiro atoms. The van der Waals surface area contributed by atoms with E-state index >= 15 is 0 Å². The van der Waals surface area contributed by atoms with E-state index in [2.05, 4.69) is 0 Å². The molecular weight excluding hydrogens is 466 g/mol. The van der Waals surface area contributed by atoms with E-state index in [-0.39, 0.29) is 22.3 Å². The van der Waals surface area contributed by atoms with Crippen LogP contribution in [0, 0.1) is 0 Å². The van der Waals surface area contributed by atoms with E-state index in [4.69, 9.17) is 21.1 Å². The van der Waals surface area contributed by atoms with Gasteiger partial charge in [-0.2, -0.15) is 8.42 Å². The number of hydrogen-bond donors (Lipinski definition) is 0. The number of hydrogen-bond acceptors (Lipinski definition) is 7. The Kier molecular flexibility index (Phi) is 6.31. The Morgan fingerprint density at radius 2 is 1.59 bits per heavy atom. The van der Waals surface area contributed by atoms with Crippen molar-refractivity contribution in [2.75, 3.05) is 12.0 Å². The van der Waals surface area contributed by atoms with Gasteiger partial charge in [-0.1, -0.05) is 66.4 Å². The summed E-state index contributed by atoms with van der Waals surface area (Å²) < 4.78 is 36.1. The molecule has 6 nitrogen and oxygen atoms in total. The van der Waals surface area contributed by atoms with Crippen molar-refractivity contribution in [3.63, 3.8) is 0 Å². The Balaban J connectivity index is 1.60. The van der Waals surface area contributed by atoms with Crippen LogP contribution in [0.3, 0.4) is 0 Å². The molecule has 1 aliphatic rings. The van der Waals surface area contributed by atoms with E-state index in [1.54, 1.807) is 36.4 Å². The number of rotatable bonds is 6. The second-order valence-corrected chi connectivity index (χ2v) is 9.84. The molecule has 0 aromatic heterocycles. The summed E-state index contributed by atoms with van der Waals surface area (Å²) in [7, 11) is -2.60. The maximum Gasteiger partial charge on any atom is 0.339 e. The summed E-state index contributed by atoms with van der Waals surface area (Å²) in [4.78, 5) is 14.9. The van der Waals surface area contributed by atoms with Crippen molar-refractivity contribution >= 4 is 56.1 Å². The number of para-hydroxylation sites is 1. The summed E-state index contributed by atoms with van der Waals surface area (Å²) in [6.07, 6.45) is 1.68. The zero-order valence-electron chi connectivity index (χ0n) is 16.8. The molecule has 0 saturated carbocycles. The van der Waals surface area contributed by atoms with E-state index < -0.39 is 10.1 Å². The molecule has 1 heterocycles. The lowest BCUT2D eigenvalue weighted by Crippen LogP contribution is -2.27. The average molecular weight is 484 g/mol. The first kappa shape index (κ1) is 22.1. The van der Waals surface area contributed by atoms with E-state index in [1.165, 1.54) is 42.0 Å². The molecular formula is C23H17NO5S3. The van der Waals surface area contributed by atoms with Gasteiger partial charge < -0.3 is 8.92 Å². The van der Waals surface area contributed by atoms with Crippen LogP contribution in [-0.4, -0.2) is 25.8 Å². The van der Waals surface area contributed by atoms with Gasteiger partial charge >= 0.3 is 10.1 Å². The van der Waals surface area contributed by atoms with Crippen molar-refractivity contribution in [1.82, 2.24) is 0 Å². The lowest BCUT2D eigenvalue weighted by atomic mass is 10.2. The third kappa shape index (κ3) is 4.55. The van der Waals surface area contributed by atoms with E-state index in [0.29, 0.717) is 20.5 Å². The molecule has 4 rings (SSSR count). The third-order valence-electron chi connectivity index (χ3n) is 4.52. The number of amides is 1. The highest BCUT2D eigenvalue weighted by molar-refractivity contribution is 8.27. The fourth-order valence-corrected chi connectivity index (χ4v) is 5.27. The predicted molar refractivity (Wildman–Crippen MR) is 129 cm³/mol. The minimum absolute atomic E-state index is 0.0377. The van der Waals surface area contributed by atoms with Gasteiger partial charge in [-0.3, -0.25) is 9.69 Å². The summed E-state index contributed by atoms with van der Waals surface area (Å²) >= 11 is 6.58. The van der Waals surface area contributed by atoms with Crippen LogP contribution in [0.4, 0.5) is 5.69 Å². The maximum atomic E-state index is 12.9. The highest BCUT2D eigenvalue weighted by Crippen LogP contribution is 2.37. The Labute approximate surface area is 195 Å². The Bertz CT molecular complexity index is 1310. The van der Waals surface area contributed by atoms with Gasteiger partial charge in [0, 0.05) is 0 Å². The molecule has 3 aromatic carbocycles.